The highest BCUT2D eigenvalue weighted by atomic mass is 16.5. The number of amides is 1. The van der Waals surface area contributed by atoms with E-state index >= 15 is 0 Å². The molecule has 2 rings (SSSR count). The van der Waals surface area contributed by atoms with Crippen molar-refractivity contribution in [3.05, 3.63) is 12.1 Å². The van der Waals surface area contributed by atoms with Gasteiger partial charge in [-0.3, -0.25) is 4.79 Å². The van der Waals surface area contributed by atoms with Gasteiger partial charge in [-0.2, -0.15) is 0 Å². The average molecular weight is 366 g/mol. The van der Waals surface area contributed by atoms with Crippen LogP contribution in [0.25, 0.3) is 0 Å². The lowest BCUT2D eigenvalue weighted by atomic mass is 9.54. The molecule has 26 heavy (non-hydrogen) atoms. The van der Waals surface area contributed by atoms with Crippen LogP contribution in [0, 0.1) is 5.41 Å². The molecule has 1 aliphatic carbocycles. The van der Waals surface area contributed by atoms with E-state index in [1.165, 1.54) is 26.2 Å². The predicted molar refractivity (Wildman–Crippen MR) is 100 cm³/mol. The summed E-state index contributed by atoms with van der Waals surface area (Å²) in [7, 11) is 6.31. The van der Waals surface area contributed by atoms with Gasteiger partial charge in [0.25, 0.3) is 0 Å². The number of rotatable bonds is 7. The smallest absolute Gasteiger partial charge is 0.247 e. The molecule has 0 saturated heterocycles. The molecule has 7 heteroatoms. The van der Waals surface area contributed by atoms with E-state index in [2.05, 4.69) is 0 Å². The number of carbonyl (C=O) groups excluding carboxylic acids is 1. The Kier molecular flexibility index (Phi) is 5.73. The van der Waals surface area contributed by atoms with E-state index in [1.54, 1.807) is 19.2 Å². The highest BCUT2D eigenvalue weighted by molar-refractivity contribution is 6.01. The van der Waals surface area contributed by atoms with E-state index in [-0.39, 0.29) is 12.0 Å². The lowest BCUT2D eigenvalue weighted by Crippen LogP contribution is -2.75. The molecule has 0 bridgehead atoms. The highest BCUT2D eigenvalue weighted by Gasteiger charge is 2.63. The lowest BCUT2D eigenvalue weighted by Gasteiger charge is -2.58. The Balaban J connectivity index is 2.34. The third kappa shape index (κ3) is 2.99. The number of likely N-dealkylation sites (N-methyl/N-ethyl adjacent to an activating group) is 1. The number of hydrogen-bond donors (Lipinski definition) is 1. The second-order valence-electron chi connectivity index (χ2n) is 7.09. The molecule has 0 spiro atoms. The van der Waals surface area contributed by atoms with Crippen molar-refractivity contribution < 1.29 is 23.7 Å². The molecule has 2 atom stereocenters. The largest absolute Gasteiger partial charge is 0.493 e. The number of carbonyl (C=O) groups is 1. The SMILES string of the molecule is CCOC1CC(N)(C(=O)N(C)c2cc(OC)c(OC)c(OC)c2)C1(C)C. The quantitative estimate of drug-likeness (QED) is 0.797. The molecule has 1 aromatic carbocycles. The maximum absolute atomic E-state index is 13.2. The maximum Gasteiger partial charge on any atom is 0.247 e. The van der Waals surface area contributed by atoms with Gasteiger partial charge >= 0.3 is 0 Å². The van der Waals surface area contributed by atoms with Crippen LogP contribution in [-0.4, -0.2) is 52.5 Å². The third-order valence-electron chi connectivity index (χ3n) is 5.55. The number of ether oxygens (including phenoxy) is 4. The van der Waals surface area contributed by atoms with Crippen molar-refractivity contribution in [1.29, 1.82) is 0 Å². The number of nitrogens with two attached hydrogens (primary N) is 1. The van der Waals surface area contributed by atoms with Gasteiger partial charge in [-0.1, -0.05) is 13.8 Å². The van der Waals surface area contributed by atoms with Crippen LogP contribution in [0.3, 0.4) is 0 Å². The number of hydrogen-bond acceptors (Lipinski definition) is 6. The molecular formula is C19H30N2O5. The predicted octanol–water partition coefficient (Wildman–Crippen LogP) is 2.21. The molecule has 0 heterocycles. The zero-order valence-corrected chi connectivity index (χ0v) is 16.7. The Morgan fingerprint density at radius 2 is 1.73 bits per heavy atom. The van der Waals surface area contributed by atoms with Crippen molar-refractivity contribution in [1.82, 2.24) is 0 Å². The Labute approximate surface area is 155 Å². The van der Waals surface area contributed by atoms with Crippen LogP contribution >= 0.6 is 0 Å². The first-order valence-corrected chi connectivity index (χ1v) is 8.66. The van der Waals surface area contributed by atoms with E-state index in [0.29, 0.717) is 36.0 Å². The Morgan fingerprint density at radius 3 is 2.12 bits per heavy atom. The number of methoxy groups -OCH3 is 3. The minimum absolute atomic E-state index is 0.0326. The monoisotopic (exact) mass is 366 g/mol. The Hall–Kier alpha value is -1.99. The van der Waals surface area contributed by atoms with E-state index in [1.807, 2.05) is 20.8 Å². The first-order chi connectivity index (χ1) is 12.2. The van der Waals surface area contributed by atoms with E-state index in [9.17, 15) is 4.79 Å². The second-order valence-corrected chi connectivity index (χ2v) is 7.09. The van der Waals surface area contributed by atoms with Crippen LogP contribution in [0.5, 0.6) is 17.2 Å². The van der Waals surface area contributed by atoms with Crippen molar-refractivity contribution in [2.24, 2.45) is 11.1 Å². The van der Waals surface area contributed by atoms with Crippen molar-refractivity contribution in [2.75, 3.05) is 39.9 Å². The summed E-state index contributed by atoms with van der Waals surface area (Å²) < 4.78 is 21.8. The fourth-order valence-corrected chi connectivity index (χ4v) is 3.48. The van der Waals surface area contributed by atoms with Gasteiger partial charge in [-0.05, 0) is 6.92 Å². The summed E-state index contributed by atoms with van der Waals surface area (Å²) in [6.07, 6.45) is 0.455. The Morgan fingerprint density at radius 1 is 1.19 bits per heavy atom. The molecule has 1 saturated carbocycles. The van der Waals surface area contributed by atoms with Crippen LogP contribution in [0.4, 0.5) is 5.69 Å². The molecule has 0 aromatic heterocycles. The van der Waals surface area contributed by atoms with Crippen LogP contribution in [0.2, 0.25) is 0 Å². The fourth-order valence-electron chi connectivity index (χ4n) is 3.48. The first kappa shape index (κ1) is 20.3. The molecule has 2 N–H and O–H groups in total. The second kappa shape index (κ2) is 7.32. The van der Waals surface area contributed by atoms with Gasteiger partial charge in [-0.25, -0.2) is 0 Å². The summed E-state index contributed by atoms with van der Waals surface area (Å²) in [5.41, 5.74) is 5.68. The zero-order valence-electron chi connectivity index (χ0n) is 16.7. The summed E-state index contributed by atoms with van der Waals surface area (Å²) in [6.45, 7) is 6.48. The van der Waals surface area contributed by atoms with Crippen LogP contribution in [-0.2, 0) is 9.53 Å². The van der Waals surface area contributed by atoms with E-state index < -0.39 is 11.0 Å². The third-order valence-corrected chi connectivity index (χ3v) is 5.55. The first-order valence-electron chi connectivity index (χ1n) is 8.66. The molecule has 1 aromatic rings. The molecule has 0 aliphatic heterocycles. The van der Waals surface area contributed by atoms with Gasteiger partial charge in [-0.15, -0.1) is 0 Å². The van der Waals surface area contributed by atoms with Crippen LogP contribution < -0.4 is 24.8 Å². The lowest BCUT2D eigenvalue weighted by molar-refractivity contribution is -0.168. The Bertz CT molecular complexity index is 651. The van der Waals surface area contributed by atoms with Gasteiger partial charge in [0.2, 0.25) is 11.7 Å². The number of anilines is 1. The van der Waals surface area contributed by atoms with E-state index in [0.717, 1.165) is 0 Å². The molecule has 1 amide bonds. The van der Waals surface area contributed by atoms with Gasteiger partial charge in [0.1, 0.15) is 5.54 Å². The molecule has 7 nitrogen and oxygen atoms in total. The minimum atomic E-state index is -0.998. The summed E-state index contributed by atoms with van der Waals surface area (Å²) in [5.74, 6) is 1.26. The van der Waals surface area contributed by atoms with Gasteiger partial charge in [0.05, 0.1) is 33.1 Å². The zero-order chi connectivity index (χ0) is 19.7. The van der Waals surface area contributed by atoms with Gasteiger partial charge in [0.15, 0.2) is 11.5 Å². The number of nitrogens with zero attached hydrogens (tertiary/aromatic N) is 1. The minimum Gasteiger partial charge on any atom is -0.493 e. The van der Waals surface area contributed by atoms with Crippen molar-refractivity contribution >= 4 is 11.6 Å². The van der Waals surface area contributed by atoms with Crippen molar-refractivity contribution in [3.63, 3.8) is 0 Å². The average Bonchev–Trinajstić information content (AvgIpc) is 2.64. The van der Waals surface area contributed by atoms with Crippen molar-refractivity contribution in [2.45, 2.75) is 38.8 Å². The summed E-state index contributed by atoms with van der Waals surface area (Å²) in [5, 5.41) is 0. The number of benzene rings is 1. The van der Waals surface area contributed by atoms with Crippen LogP contribution in [0.1, 0.15) is 27.2 Å². The molecule has 1 fully saturated rings. The molecule has 0 radical (unpaired) electrons. The summed E-state index contributed by atoms with van der Waals surface area (Å²) >= 11 is 0. The fraction of sp³-hybridized carbons (Fsp3) is 0.632. The summed E-state index contributed by atoms with van der Waals surface area (Å²) in [6, 6.07) is 3.46. The molecule has 1 aliphatic rings. The van der Waals surface area contributed by atoms with Gasteiger partial charge < -0.3 is 29.6 Å². The van der Waals surface area contributed by atoms with Crippen LogP contribution in [0.15, 0.2) is 12.1 Å². The highest BCUT2D eigenvalue weighted by Crippen LogP contribution is 2.51. The molecular weight excluding hydrogens is 336 g/mol. The summed E-state index contributed by atoms with van der Waals surface area (Å²) in [4.78, 5) is 14.7. The topological polar surface area (TPSA) is 83.3 Å². The van der Waals surface area contributed by atoms with Crippen molar-refractivity contribution in [3.8, 4) is 17.2 Å². The standard InChI is InChI=1S/C19H30N2O5/c1-8-26-15-11-19(20,18(15,2)3)17(22)21(4)12-9-13(23-5)16(25-7)14(10-12)24-6/h9-10,15H,8,11,20H2,1-7H3. The normalized spacial score (nSPS) is 23.8. The van der Waals surface area contributed by atoms with Gasteiger partial charge in [0, 0.05) is 37.6 Å². The molecule has 146 valence electrons. The molecule has 2 unspecified atom stereocenters. The van der Waals surface area contributed by atoms with E-state index in [4.69, 9.17) is 24.7 Å². The maximum atomic E-state index is 13.2.